The molecule has 1 aliphatic rings. The van der Waals surface area contributed by atoms with E-state index in [0.717, 1.165) is 16.8 Å². The van der Waals surface area contributed by atoms with E-state index in [1.807, 2.05) is 36.4 Å². The second-order valence-corrected chi connectivity index (χ2v) is 6.08. The van der Waals surface area contributed by atoms with Gasteiger partial charge in [0.1, 0.15) is 17.9 Å². The van der Waals surface area contributed by atoms with E-state index in [1.54, 1.807) is 6.07 Å². The van der Waals surface area contributed by atoms with Gasteiger partial charge in [-0.05, 0) is 42.3 Å². The van der Waals surface area contributed by atoms with Gasteiger partial charge >= 0.3 is 5.97 Å². The molecule has 4 rings (SSSR count). The van der Waals surface area contributed by atoms with Crippen LogP contribution in [0.15, 0.2) is 46.9 Å². The fourth-order valence-electron chi connectivity index (χ4n) is 2.75. The number of hydrogen-bond acceptors (Lipinski definition) is 5. The topological polar surface area (TPSA) is 61.6 Å². The molecule has 2 heterocycles. The summed E-state index contributed by atoms with van der Waals surface area (Å²) in [5.41, 5.74) is 2.33. The smallest absolute Gasteiger partial charge is 0.313 e. The fourth-order valence-corrected chi connectivity index (χ4v) is 2.94. The van der Waals surface area contributed by atoms with Crippen molar-refractivity contribution in [2.75, 3.05) is 6.61 Å². The second kappa shape index (κ2) is 6.17. The molecule has 5 nitrogen and oxygen atoms in total. The highest BCUT2D eigenvalue weighted by atomic mass is 35.5. The predicted molar refractivity (Wildman–Crippen MR) is 87.9 cm³/mol. The Kier molecular flexibility index (Phi) is 3.86. The molecule has 24 heavy (non-hydrogen) atoms. The van der Waals surface area contributed by atoms with Crippen molar-refractivity contribution in [3.05, 3.63) is 58.9 Å². The first-order valence-electron chi connectivity index (χ1n) is 7.61. The minimum Gasteiger partial charge on any atom is -0.492 e. The number of esters is 1. The number of aromatic nitrogens is 1. The van der Waals surface area contributed by atoms with Gasteiger partial charge in [-0.1, -0.05) is 23.7 Å². The summed E-state index contributed by atoms with van der Waals surface area (Å²) in [4.78, 5) is 16.6. The zero-order chi connectivity index (χ0) is 16.5. The van der Waals surface area contributed by atoms with Crippen molar-refractivity contribution in [1.82, 2.24) is 4.98 Å². The van der Waals surface area contributed by atoms with Crippen molar-refractivity contribution < 1.29 is 18.7 Å². The molecule has 6 heteroatoms. The summed E-state index contributed by atoms with van der Waals surface area (Å²) in [5, 5.41) is 0.623. The Labute approximate surface area is 143 Å². The molecule has 0 saturated carbocycles. The number of para-hydroxylation sites is 2. The molecule has 0 amide bonds. The highest BCUT2D eigenvalue weighted by Gasteiger charge is 2.27. The molecule has 0 spiro atoms. The van der Waals surface area contributed by atoms with Crippen molar-refractivity contribution >= 4 is 28.7 Å². The van der Waals surface area contributed by atoms with E-state index in [2.05, 4.69) is 4.98 Å². The number of rotatable bonds is 3. The lowest BCUT2D eigenvalue weighted by Gasteiger charge is -2.23. The Morgan fingerprint density at radius 3 is 3.04 bits per heavy atom. The van der Waals surface area contributed by atoms with E-state index in [9.17, 15) is 4.79 Å². The SMILES string of the molecule is O=C(OCc1nc2ccccc2o1)[C@@H]1COc2ccc(Cl)cc2C1. The first-order chi connectivity index (χ1) is 11.7. The van der Waals surface area contributed by atoms with Crippen LogP contribution in [0.2, 0.25) is 5.02 Å². The Morgan fingerprint density at radius 1 is 1.29 bits per heavy atom. The van der Waals surface area contributed by atoms with Crippen LogP contribution in [0.25, 0.3) is 11.1 Å². The van der Waals surface area contributed by atoms with Crippen LogP contribution in [0.4, 0.5) is 0 Å². The summed E-state index contributed by atoms with van der Waals surface area (Å²) in [5.74, 6) is 0.454. The van der Waals surface area contributed by atoms with E-state index in [-0.39, 0.29) is 18.5 Å². The number of halogens is 1. The molecule has 0 radical (unpaired) electrons. The number of hydrogen-bond donors (Lipinski definition) is 0. The van der Waals surface area contributed by atoms with Crippen molar-refractivity contribution in [1.29, 1.82) is 0 Å². The number of oxazole rings is 1. The van der Waals surface area contributed by atoms with Crippen LogP contribution >= 0.6 is 11.6 Å². The largest absolute Gasteiger partial charge is 0.492 e. The molecule has 1 aromatic heterocycles. The van der Waals surface area contributed by atoms with Crippen molar-refractivity contribution in [3.63, 3.8) is 0 Å². The Balaban J connectivity index is 1.41. The summed E-state index contributed by atoms with van der Waals surface area (Å²) in [6, 6.07) is 12.8. The molecule has 0 fully saturated rings. The van der Waals surface area contributed by atoms with Crippen LogP contribution in [0, 0.1) is 5.92 Å². The maximum Gasteiger partial charge on any atom is 0.313 e. The van der Waals surface area contributed by atoms with E-state index >= 15 is 0 Å². The average Bonchev–Trinajstić information content (AvgIpc) is 3.02. The summed E-state index contributed by atoms with van der Waals surface area (Å²) >= 11 is 5.99. The monoisotopic (exact) mass is 343 g/mol. The Hall–Kier alpha value is -2.53. The molecular formula is C18H14ClNO4. The molecule has 0 N–H and O–H groups in total. The minimum absolute atomic E-state index is 0.00637. The lowest BCUT2D eigenvalue weighted by Crippen LogP contribution is -2.29. The minimum atomic E-state index is -0.361. The highest BCUT2D eigenvalue weighted by molar-refractivity contribution is 6.30. The molecule has 0 unspecified atom stereocenters. The van der Waals surface area contributed by atoms with Crippen LogP contribution in [-0.4, -0.2) is 17.6 Å². The Morgan fingerprint density at radius 2 is 2.17 bits per heavy atom. The van der Waals surface area contributed by atoms with E-state index in [0.29, 0.717) is 29.5 Å². The summed E-state index contributed by atoms with van der Waals surface area (Å²) in [7, 11) is 0. The van der Waals surface area contributed by atoms with Gasteiger partial charge in [-0.2, -0.15) is 0 Å². The average molecular weight is 344 g/mol. The normalized spacial score (nSPS) is 16.5. The number of fused-ring (bicyclic) bond motifs is 2. The third kappa shape index (κ3) is 2.95. The number of carbonyl (C=O) groups is 1. The van der Waals surface area contributed by atoms with Gasteiger partial charge in [0.15, 0.2) is 12.2 Å². The zero-order valence-corrected chi connectivity index (χ0v) is 13.5. The number of benzene rings is 2. The summed E-state index contributed by atoms with van der Waals surface area (Å²) < 4.78 is 16.5. The summed E-state index contributed by atoms with van der Waals surface area (Å²) in [6.45, 7) is 0.299. The quantitative estimate of drug-likeness (QED) is 0.677. The molecule has 122 valence electrons. The van der Waals surface area contributed by atoms with Gasteiger partial charge in [0.05, 0.1) is 5.92 Å². The number of ether oxygens (including phenoxy) is 2. The van der Waals surface area contributed by atoms with Gasteiger partial charge < -0.3 is 13.9 Å². The maximum absolute atomic E-state index is 12.3. The lowest BCUT2D eigenvalue weighted by atomic mass is 9.97. The van der Waals surface area contributed by atoms with Crippen LogP contribution in [0.5, 0.6) is 5.75 Å². The summed E-state index contributed by atoms with van der Waals surface area (Å²) in [6.07, 6.45) is 0.544. The van der Waals surface area contributed by atoms with Gasteiger partial charge in [0.25, 0.3) is 0 Å². The van der Waals surface area contributed by atoms with Crippen LogP contribution < -0.4 is 4.74 Å². The molecule has 0 saturated heterocycles. The van der Waals surface area contributed by atoms with Crippen molar-refractivity contribution in [2.24, 2.45) is 5.92 Å². The third-order valence-corrected chi connectivity index (χ3v) is 4.17. The number of carbonyl (C=O) groups excluding carboxylic acids is 1. The zero-order valence-electron chi connectivity index (χ0n) is 12.7. The van der Waals surface area contributed by atoms with Crippen LogP contribution in [0.1, 0.15) is 11.5 Å². The van der Waals surface area contributed by atoms with Gasteiger partial charge in [0, 0.05) is 5.02 Å². The fraction of sp³-hybridized carbons (Fsp3) is 0.222. The first kappa shape index (κ1) is 15.0. The molecule has 1 atom stereocenters. The van der Waals surface area contributed by atoms with Gasteiger partial charge in [-0.25, -0.2) is 4.98 Å². The van der Waals surface area contributed by atoms with E-state index in [1.165, 1.54) is 0 Å². The lowest BCUT2D eigenvalue weighted by molar-refractivity contribution is -0.152. The first-order valence-corrected chi connectivity index (χ1v) is 7.99. The van der Waals surface area contributed by atoms with Gasteiger partial charge in [-0.15, -0.1) is 0 Å². The van der Waals surface area contributed by atoms with Crippen LogP contribution in [-0.2, 0) is 22.6 Å². The predicted octanol–water partition coefficient (Wildman–Crippen LogP) is 3.78. The number of nitrogens with zero attached hydrogens (tertiary/aromatic N) is 1. The third-order valence-electron chi connectivity index (χ3n) is 3.94. The molecule has 1 aliphatic heterocycles. The second-order valence-electron chi connectivity index (χ2n) is 5.65. The van der Waals surface area contributed by atoms with Crippen LogP contribution in [0.3, 0.4) is 0 Å². The van der Waals surface area contributed by atoms with Crippen molar-refractivity contribution in [3.8, 4) is 5.75 Å². The molecular weight excluding hydrogens is 330 g/mol. The molecule has 3 aromatic rings. The maximum atomic E-state index is 12.3. The van der Waals surface area contributed by atoms with Gasteiger partial charge in [-0.3, -0.25) is 4.79 Å². The molecule has 0 bridgehead atoms. The Bertz CT molecular complexity index is 872. The van der Waals surface area contributed by atoms with E-state index < -0.39 is 0 Å². The molecule has 0 aliphatic carbocycles. The van der Waals surface area contributed by atoms with E-state index in [4.69, 9.17) is 25.5 Å². The standard InChI is InChI=1S/C18H14ClNO4/c19-13-5-6-15-11(8-13)7-12(9-22-15)18(21)23-10-17-20-14-3-1-2-4-16(14)24-17/h1-6,8,12H,7,9-10H2/t12-/m0/s1. The van der Waals surface area contributed by atoms with Gasteiger partial charge in [0.2, 0.25) is 5.89 Å². The van der Waals surface area contributed by atoms with Crippen molar-refractivity contribution in [2.45, 2.75) is 13.0 Å². The molecule has 2 aromatic carbocycles. The highest BCUT2D eigenvalue weighted by Crippen LogP contribution is 2.30.